The molecule has 1 aliphatic rings. The highest BCUT2D eigenvalue weighted by molar-refractivity contribution is 5.98. The maximum atomic E-state index is 13.4. The summed E-state index contributed by atoms with van der Waals surface area (Å²) in [6.07, 6.45) is 5.54. The van der Waals surface area contributed by atoms with Crippen molar-refractivity contribution in [2.45, 2.75) is 26.8 Å². The van der Waals surface area contributed by atoms with Gasteiger partial charge in [0, 0.05) is 68.9 Å². The molecule has 5 aromatic rings. The Morgan fingerprint density at radius 3 is 2.49 bits per heavy atom. The number of carbonyl (C=O) groups excluding carboxylic acids is 1. The molecule has 4 heterocycles. The molecular weight excluding hydrogens is 512 g/mol. The number of ketones is 1. The summed E-state index contributed by atoms with van der Waals surface area (Å²) in [5.41, 5.74) is 7.48. The Bertz CT molecular complexity index is 1690. The third-order valence-corrected chi connectivity index (χ3v) is 7.85. The first-order valence-electron chi connectivity index (χ1n) is 14.0. The van der Waals surface area contributed by atoms with E-state index in [0.717, 1.165) is 66.1 Å². The number of hydrogen-bond donors (Lipinski definition) is 1. The third-order valence-electron chi connectivity index (χ3n) is 7.85. The quantitative estimate of drug-likeness (QED) is 0.254. The number of fused-ring (bicyclic) bond motifs is 1. The number of aryl methyl sites for hydroxylation is 2. The molecule has 1 fully saturated rings. The first-order valence-corrected chi connectivity index (χ1v) is 14.0. The lowest BCUT2D eigenvalue weighted by Gasteiger charge is -2.32. The number of aromatic nitrogens is 4. The number of pyridine rings is 1. The van der Waals surface area contributed by atoms with Gasteiger partial charge in [-0.25, -0.2) is 4.98 Å². The molecule has 1 N–H and O–H groups in total. The van der Waals surface area contributed by atoms with Crippen LogP contribution in [0.5, 0.6) is 11.6 Å². The molecule has 0 spiro atoms. The Hall–Kier alpha value is -4.40. The molecule has 1 aliphatic heterocycles. The molecule has 0 bridgehead atoms. The minimum Gasteiger partial charge on any atom is -0.437 e. The molecule has 0 unspecified atom stereocenters. The Labute approximate surface area is 240 Å². The first kappa shape index (κ1) is 26.8. The molecule has 0 radical (unpaired) electrons. The SMILES string of the molecule is Cc1ccc(Oc2nc(-c3ccncc3)nc3cc[nH]c23)cc1CC(=O)c1ccc(CN2CCN(C)CC2)c(C)c1. The van der Waals surface area contributed by atoms with Crippen LogP contribution in [-0.2, 0) is 13.0 Å². The number of H-pyrrole nitrogens is 1. The van der Waals surface area contributed by atoms with E-state index < -0.39 is 0 Å². The van der Waals surface area contributed by atoms with Gasteiger partial charge in [-0.1, -0.05) is 18.2 Å². The topological polar surface area (TPSA) is 87.2 Å². The number of nitrogens with zero attached hydrogens (tertiary/aromatic N) is 5. The fourth-order valence-corrected chi connectivity index (χ4v) is 5.20. The van der Waals surface area contributed by atoms with Gasteiger partial charge in [-0.2, -0.15) is 4.98 Å². The molecule has 8 heteroatoms. The van der Waals surface area contributed by atoms with Gasteiger partial charge in [-0.15, -0.1) is 0 Å². The van der Waals surface area contributed by atoms with Crippen molar-refractivity contribution < 1.29 is 9.53 Å². The maximum absolute atomic E-state index is 13.4. The smallest absolute Gasteiger partial charge is 0.247 e. The Kier molecular flexibility index (Phi) is 7.59. The summed E-state index contributed by atoms with van der Waals surface area (Å²) in [7, 11) is 2.17. The van der Waals surface area contributed by atoms with Crippen molar-refractivity contribution >= 4 is 16.8 Å². The van der Waals surface area contributed by atoms with Crippen molar-refractivity contribution in [1.29, 1.82) is 0 Å². The summed E-state index contributed by atoms with van der Waals surface area (Å²) < 4.78 is 6.29. The molecule has 1 saturated heterocycles. The van der Waals surface area contributed by atoms with E-state index in [-0.39, 0.29) is 5.78 Å². The van der Waals surface area contributed by atoms with Crippen LogP contribution in [0, 0.1) is 13.8 Å². The van der Waals surface area contributed by atoms with Crippen molar-refractivity contribution in [3.63, 3.8) is 0 Å². The molecule has 41 heavy (non-hydrogen) atoms. The molecule has 0 saturated carbocycles. The second kappa shape index (κ2) is 11.6. The highest BCUT2D eigenvalue weighted by Gasteiger charge is 2.17. The monoisotopic (exact) mass is 546 g/mol. The number of piperazine rings is 1. The van der Waals surface area contributed by atoms with Gasteiger partial charge in [0.2, 0.25) is 5.88 Å². The molecule has 208 valence electrons. The second-order valence-corrected chi connectivity index (χ2v) is 10.8. The Morgan fingerprint density at radius 2 is 1.71 bits per heavy atom. The lowest BCUT2D eigenvalue weighted by Crippen LogP contribution is -2.43. The zero-order valence-electron chi connectivity index (χ0n) is 23.7. The molecule has 0 atom stereocenters. The van der Waals surface area contributed by atoms with Crippen LogP contribution in [0.4, 0.5) is 0 Å². The van der Waals surface area contributed by atoms with Crippen molar-refractivity contribution in [3.05, 3.63) is 101 Å². The Morgan fingerprint density at radius 1 is 0.902 bits per heavy atom. The van der Waals surface area contributed by atoms with Crippen molar-refractivity contribution in [2.24, 2.45) is 0 Å². The van der Waals surface area contributed by atoms with E-state index in [4.69, 9.17) is 9.72 Å². The van der Waals surface area contributed by atoms with E-state index in [9.17, 15) is 4.79 Å². The van der Waals surface area contributed by atoms with Gasteiger partial charge >= 0.3 is 0 Å². The average Bonchev–Trinajstić information content (AvgIpc) is 3.47. The standard InChI is InChI=1S/C33H34N6O2/c1-22-4-7-28(41-33-31-29(10-13-35-31)36-32(37-33)24-8-11-34-12-9-24)19-27(22)20-30(40)25-5-6-26(23(2)18-25)21-39-16-14-38(3)15-17-39/h4-13,18-19,35H,14-17,20-21H2,1-3H3. The number of Topliss-reactive ketones (excluding diaryl/α,β-unsaturated/α-hetero) is 1. The van der Waals surface area contributed by atoms with E-state index in [1.54, 1.807) is 12.4 Å². The van der Waals surface area contributed by atoms with Crippen molar-refractivity contribution in [2.75, 3.05) is 33.2 Å². The van der Waals surface area contributed by atoms with Crippen molar-refractivity contribution in [3.8, 4) is 23.0 Å². The largest absolute Gasteiger partial charge is 0.437 e. The number of rotatable bonds is 8. The highest BCUT2D eigenvalue weighted by Crippen LogP contribution is 2.30. The fraction of sp³-hybridized carbons (Fsp3) is 0.273. The first-order chi connectivity index (χ1) is 19.9. The van der Waals surface area contributed by atoms with Crippen LogP contribution in [0.15, 0.2) is 73.2 Å². The molecule has 2 aromatic carbocycles. The average molecular weight is 547 g/mol. The van der Waals surface area contributed by atoms with E-state index in [1.807, 2.05) is 61.7 Å². The zero-order valence-corrected chi connectivity index (χ0v) is 23.7. The highest BCUT2D eigenvalue weighted by atomic mass is 16.5. The number of carbonyl (C=O) groups is 1. The predicted octanol–water partition coefficient (Wildman–Crippen LogP) is 5.60. The van der Waals surface area contributed by atoms with Gasteiger partial charge in [0.25, 0.3) is 0 Å². The van der Waals surface area contributed by atoms with Crippen LogP contribution >= 0.6 is 0 Å². The van der Waals surface area contributed by atoms with Crippen LogP contribution in [0.3, 0.4) is 0 Å². The summed E-state index contributed by atoms with van der Waals surface area (Å²) in [5, 5.41) is 0. The molecule has 8 nitrogen and oxygen atoms in total. The van der Waals surface area contributed by atoms with E-state index in [0.29, 0.717) is 29.4 Å². The maximum Gasteiger partial charge on any atom is 0.247 e. The minimum atomic E-state index is 0.0910. The summed E-state index contributed by atoms with van der Waals surface area (Å²) in [6.45, 7) is 9.38. The van der Waals surface area contributed by atoms with E-state index in [2.05, 4.69) is 44.8 Å². The normalized spacial score (nSPS) is 14.4. The van der Waals surface area contributed by atoms with Crippen LogP contribution in [0.25, 0.3) is 22.4 Å². The molecule has 0 aliphatic carbocycles. The lowest BCUT2D eigenvalue weighted by molar-refractivity contribution is 0.0992. The lowest BCUT2D eigenvalue weighted by atomic mass is 9.96. The summed E-state index contributed by atoms with van der Waals surface area (Å²) in [6, 6.07) is 17.6. The number of aromatic amines is 1. The van der Waals surface area contributed by atoms with Crippen molar-refractivity contribution in [1.82, 2.24) is 29.7 Å². The van der Waals surface area contributed by atoms with Gasteiger partial charge in [0.1, 0.15) is 11.3 Å². The summed E-state index contributed by atoms with van der Waals surface area (Å²) >= 11 is 0. The number of hydrogen-bond acceptors (Lipinski definition) is 7. The van der Waals surface area contributed by atoms with E-state index >= 15 is 0 Å². The number of benzene rings is 2. The van der Waals surface area contributed by atoms with Gasteiger partial charge in [-0.05, 0) is 79.5 Å². The van der Waals surface area contributed by atoms with Gasteiger partial charge in [0.15, 0.2) is 11.6 Å². The minimum absolute atomic E-state index is 0.0910. The van der Waals surface area contributed by atoms with Crippen LogP contribution in [0.1, 0.15) is 32.6 Å². The number of ether oxygens (including phenoxy) is 1. The fourth-order valence-electron chi connectivity index (χ4n) is 5.20. The number of nitrogens with one attached hydrogen (secondary N) is 1. The van der Waals surface area contributed by atoms with Crippen LogP contribution in [-0.4, -0.2) is 68.7 Å². The van der Waals surface area contributed by atoms with Crippen LogP contribution in [0.2, 0.25) is 0 Å². The van der Waals surface area contributed by atoms with Gasteiger partial charge < -0.3 is 14.6 Å². The zero-order chi connectivity index (χ0) is 28.3. The summed E-state index contributed by atoms with van der Waals surface area (Å²) in [5.74, 6) is 1.70. The van der Waals surface area contributed by atoms with E-state index in [1.165, 1.54) is 5.56 Å². The molecule has 3 aromatic heterocycles. The molecule has 0 amide bonds. The van der Waals surface area contributed by atoms with Crippen LogP contribution < -0.4 is 4.74 Å². The van der Waals surface area contributed by atoms with Gasteiger partial charge in [0.05, 0.1) is 5.52 Å². The Balaban J connectivity index is 1.19. The molecule has 6 rings (SSSR count). The predicted molar refractivity (Wildman–Crippen MR) is 160 cm³/mol. The third kappa shape index (κ3) is 6.04. The summed E-state index contributed by atoms with van der Waals surface area (Å²) in [4.78, 5) is 34.9. The van der Waals surface area contributed by atoms with Gasteiger partial charge in [-0.3, -0.25) is 14.7 Å². The molecular formula is C33H34N6O2. The number of likely N-dealkylation sites (N-methyl/N-ethyl adjacent to an activating group) is 1. The second-order valence-electron chi connectivity index (χ2n) is 10.8.